The van der Waals surface area contributed by atoms with Gasteiger partial charge in [-0.25, -0.2) is 0 Å². The normalized spacial score (nSPS) is 21.1. The molecule has 0 aromatic carbocycles. The predicted molar refractivity (Wildman–Crippen MR) is 52.7 cm³/mol. The maximum Gasteiger partial charge on any atom is 0.305 e. The average molecular weight is 201 g/mol. The lowest BCUT2D eigenvalue weighted by Gasteiger charge is -2.46. The van der Waals surface area contributed by atoms with Crippen molar-refractivity contribution in [3.05, 3.63) is 0 Å². The Morgan fingerprint density at radius 3 is 2.57 bits per heavy atom. The van der Waals surface area contributed by atoms with Crippen LogP contribution in [0.15, 0.2) is 0 Å². The van der Waals surface area contributed by atoms with Crippen molar-refractivity contribution in [2.24, 2.45) is 17.1 Å². The maximum atomic E-state index is 11.2. The highest BCUT2D eigenvalue weighted by Gasteiger charge is 2.44. The summed E-state index contributed by atoms with van der Waals surface area (Å²) in [5.74, 6) is 0.00822. The molecule has 1 aliphatic rings. The Morgan fingerprint density at radius 1 is 1.64 bits per heavy atom. The standard InChI is InChI=1S/C10H19NO3/c1-3-10(6-14-7-10)8(5-11)4-9(12)13-2/h8H,3-7,11H2,1-2H3. The molecule has 1 rings (SSSR count). The van der Waals surface area contributed by atoms with Gasteiger partial charge in [0.25, 0.3) is 0 Å². The molecule has 0 radical (unpaired) electrons. The summed E-state index contributed by atoms with van der Waals surface area (Å²) in [5, 5.41) is 0. The molecule has 0 bridgehead atoms. The van der Waals surface area contributed by atoms with Gasteiger partial charge in [0.1, 0.15) is 0 Å². The van der Waals surface area contributed by atoms with Gasteiger partial charge in [0, 0.05) is 5.41 Å². The zero-order valence-electron chi connectivity index (χ0n) is 8.91. The predicted octanol–water partition coefficient (Wildman–Crippen LogP) is 0.551. The molecule has 4 heteroatoms. The van der Waals surface area contributed by atoms with Gasteiger partial charge in [-0.15, -0.1) is 0 Å². The van der Waals surface area contributed by atoms with Crippen LogP contribution in [-0.4, -0.2) is 32.8 Å². The van der Waals surface area contributed by atoms with Crippen molar-refractivity contribution in [1.82, 2.24) is 0 Å². The van der Waals surface area contributed by atoms with E-state index in [1.165, 1.54) is 7.11 Å². The topological polar surface area (TPSA) is 61.6 Å². The average Bonchev–Trinajstić information content (AvgIpc) is 2.15. The van der Waals surface area contributed by atoms with E-state index in [4.69, 9.17) is 10.5 Å². The van der Waals surface area contributed by atoms with Crippen LogP contribution in [0, 0.1) is 11.3 Å². The van der Waals surface area contributed by atoms with Gasteiger partial charge < -0.3 is 15.2 Å². The Hall–Kier alpha value is -0.610. The number of nitrogens with two attached hydrogens (primary N) is 1. The van der Waals surface area contributed by atoms with E-state index in [9.17, 15) is 4.79 Å². The van der Waals surface area contributed by atoms with Gasteiger partial charge in [0.05, 0.1) is 26.7 Å². The highest BCUT2D eigenvalue weighted by atomic mass is 16.5. The summed E-state index contributed by atoms with van der Waals surface area (Å²) in [7, 11) is 1.41. The summed E-state index contributed by atoms with van der Waals surface area (Å²) >= 11 is 0. The molecule has 4 nitrogen and oxygen atoms in total. The van der Waals surface area contributed by atoms with Gasteiger partial charge in [0.2, 0.25) is 0 Å². The Balaban J connectivity index is 2.55. The van der Waals surface area contributed by atoms with Gasteiger partial charge in [-0.05, 0) is 18.9 Å². The number of hydrogen-bond acceptors (Lipinski definition) is 4. The molecular weight excluding hydrogens is 182 g/mol. The lowest BCUT2D eigenvalue weighted by molar-refractivity contribution is -0.161. The van der Waals surface area contributed by atoms with Crippen LogP contribution in [0.1, 0.15) is 19.8 Å². The van der Waals surface area contributed by atoms with Gasteiger partial charge in [0.15, 0.2) is 0 Å². The summed E-state index contributed by atoms with van der Waals surface area (Å²) < 4.78 is 9.87. The first-order chi connectivity index (χ1) is 6.68. The fraction of sp³-hybridized carbons (Fsp3) is 0.900. The molecule has 0 aliphatic carbocycles. The van der Waals surface area contributed by atoms with Gasteiger partial charge in [-0.1, -0.05) is 6.92 Å². The van der Waals surface area contributed by atoms with Crippen molar-refractivity contribution in [2.75, 3.05) is 26.9 Å². The van der Waals surface area contributed by atoms with E-state index in [-0.39, 0.29) is 17.3 Å². The Bertz CT molecular complexity index is 196. The molecule has 0 aromatic heterocycles. The van der Waals surface area contributed by atoms with Crippen molar-refractivity contribution < 1.29 is 14.3 Å². The van der Waals surface area contributed by atoms with E-state index in [1.807, 2.05) is 0 Å². The second-order valence-electron chi connectivity index (χ2n) is 3.92. The van der Waals surface area contributed by atoms with E-state index in [0.29, 0.717) is 13.0 Å². The number of hydrogen-bond donors (Lipinski definition) is 1. The fourth-order valence-electron chi connectivity index (χ4n) is 1.93. The van der Waals surface area contributed by atoms with E-state index in [0.717, 1.165) is 19.6 Å². The zero-order valence-corrected chi connectivity index (χ0v) is 8.91. The molecule has 1 aliphatic heterocycles. The smallest absolute Gasteiger partial charge is 0.305 e. The Morgan fingerprint density at radius 2 is 2.29 bits per heavy atom. The summed E-state index contributed by atoms with van der Waals surface area (Å²) in [5.41, 5.74) is 5.80. The van der Waals surface area contributed by atoms with E-state index in [2.05, 4.69) is 11.7 Å². The molecule has 0 spiro atoms. The third-order valence-electron chi connectivity index (χ3n) is 3.27. The first kappa shape index (κ1) is 11.5. The van der Waals surface area contributed by atoms with E-state index < -0.39 is 0 Å². The molecule has 2 N–H and O–H groups in total. The lowest BCUT2D eigenvalue weighted by atomic mass is 9.70. The first-order valence-corrected chi connectivity index (χ1v) is 5.03. The number of carbonyl (C=O) groups is 1. The van der Waals surface area contributed by atoms with Crippen LogP contribution in [0.5, 0.6) is 0 Å². The molecular formula is C10H19NO3. The van der Waals surface area contributed by atoms with Crippen molar-refractivity contribution in [1.29, 1.82) is 0 Å². The van der Waals surface area contributed by atoms with Gasteiger partial charge >= 0.3 is 5.97 Å². The minimum atomic E-state index is -0.180. The molecule has 1 fully saturated rings. The summed E-state index contributed by atoms with van der Waals surface area (Å²) in [4.78, 5) is 11.2. The highest BCUT2D eigenvalue weighted by molar-refractivity contribution is 5.69. The largest absolute Gasteiger partial charge is 0.469 e. The van der Waals surface area contributed by atoms with Crippen LogP contribution in [0.2, 0.25) is 0 Å². The van der Waals surface area contributed by atoms with Crippen LogP contribution >= 0.6 is 0 Å². The fourth-order valence-corrected chi connectivity index (χ4v) is 1.93. The van der Waals surface area contributed by atoms with E-state index >= 15 is 0 Å². The number of ether oxygens (including phenoxy) is 2. The minimum absolute atomic E-state index is 0.114. The summed E-state index contributed by atoms with van der Waals surface area (Å²) in [6.45, 7) is 4.08. The molecule has 0 saturated carbocycles. The molecule has 14 heavy (non-hydrogen) atoms. The zero-order chi connectivity index (χ0) is 10.6. The van der Waals surface area contributed by atoms with Crippen LogP contribution in [-0.2, 0) is 14.3 Å². The SMILES string of the molecule is CCC1(C(CN)CC(=O)OC)COC1. The van der Waals surface area contributed by atoms with Crippen molar-refractivity contribution in [3.8, 4) is 0 Å². The second kappa shape index (κ2) is 4.75. The maximum absolute atomic E-state index is 11.2. The van der Waals surface area contributed by atoms with E-state index in [1.54, 1.807) is 0 Å². The van der Waals surface area contributed by atoms with Crippen LogP contribution in [0.25, 0.3) is 0 Å². The molecule has 1 unspecified atom stereocenters. The molecule has 82 valence electrons. The third kappa shape index (κ3) is 2.07. The number of rotatable bonds is 5. The monoisotopic (exact) mass is 201 g/mol. The minimum Gasteiger partial charge on any atom is -0.469 e. The Labute approximate surface area is 84.7 Å². The quantitative estimate of drug-likeness (QED) is 0.660. The van der Waals surface area contributed by atoms with Crippen molar-refractivity contribution in [3.63, 3.8) is 0 Å². The summed E-state index contributed by atoms with van der Waals surface area (Å²) in [6, 6.07) is 0. The summed E-state index contributed by atoms with van der Waals surface area (Å²) in [6.07, 6.45) is 1.41. The number of esters is 1. The second-order valence-corrected chi connectivity index (χ2v) is 3.92. The first-order valence-electron chi connectivity index (χ1n) is 5.03. The molecule has 1 atom stereocenters. The van der Waals surface area contributed by atoms with Gasteiger partial charge in [-0.2, -0.15) is 0 Å². The van der Waals surface area contributed by atoms with Crippen LogP contribution in [0.3, 0.4) is 0 Å². The van der Waals surface area contributed by atoms with Gasteiger partial charge in [-0.3, -0.25) is 4.79 Å². The van der Waals surface area contributed by atoms with Crippen LogP contribution < -0.4 is 5.73 Å². The number of methoxy groups -OCH3 is 1. The highest BCUT2D eigenvalue weighted by Crippen LogP contribution is 2.40. The third-order valence-corrected chi connectivity index (χ3v) is 3.27. The number of carbonyl (C=O) groups excluding carboxylic acids is 1. The van der Waals surface area contributed by atoms with Crippen molar-refractivity contribution >= 4 is 5.97 Å². The lowest BCUT2D eigenvalue weighted by Crippen LogP contribution is -2.51. The van der Waals surface area contributed by atoms with Crippen LogP contribution in [0.4, 0.5) is 0 Å². The Kier molecular flexibility index (Phi) is 3.89. The molecule has 1 saturated heterocycles. The molecule has 1 heterocycles. The van der Waals surface area contributed by atoms with Crippen molar-refractivity contribution in [2.45, 2.75) is 19.8 Å². The molecule has 0 aromatic rings. The molecule has 0 amide bonds.